The maximum absolute atomic E-state index is 12.8. The van der Waals surface area contributed by atoms with E-state index in [1.54, 1.807) is 24.3 Å². The van der Waals surface area contributed by atoms with Crippen LogP contribution in [0.1, 0.15) is 62.2 Å². The Hall–Kier alpha value is -1.21. The highest BCUT2D eigenvalue weighted by atomic mass is 79.9. The van der Waals surface area contributed by atoms with Gasteiger partial charge in [-0.05, 0) is 43.5 Å². The number of fused-ring (bicyclic) bond motifs is 1. The predicted molar refractivity (Wildman–Crippen MR) is 120 cm³/mol. The number of unbranched alkanes of at least 4 members (excludes halogenated alkanes) is 4. The number of imide groups is 1. The maximum atomic E-state index is 12.8. The molecule has 0 unspecified atom stereocenters. The smallest absolute Gasteiger partial charge is 0.338 e. The van der Waals surface area contributed by atoms with Gasteiger partial charge < -0.3 is 4.74 Å². The Bertz CT molecular complexity index is 724. The molecule has 29 heavy (non-hydrogen) atoms. The molecule has 1 saturated carbocycles. The summed E-state index contributed by atoms with van der Waals surface area (Å²) in [5.41, 5.74) is 0.947. The van der Waals surface area contributed by atoms with Crippen molar-refractivity contribution in [3.05, 3.63) is 29.8 Å². The molecule has 4 atom stereocenters. The van der Waals surface area contributed by atoms with Gasteiger partial charge in [-0.25, -0.2) is 4.79 Å². The minimum atomic E-state index is -0.371. The van der Waals surface area contributed by atoms with Gasteiger partial charge >= 0.3 is 5.97 Å². The lowest BCUT2D eigenvalue weighted by Gasteiger charge is -2.29. The number of benzene rings is 1. The zero-order valence-corrected chi connectivity index (χ0v) is 19.8. The number of esters is 1. The van der Waals surface area contributed by atoms with Crippen molar-refractivity contribution in [1.29, 1.82) is 0 Å². The SMILES string of the molecule is CCCCCCCOC(=O)c1ccc(N2C(=O)[C@H]3C[C@@H](Br)[C@@H](Br)C[C@@H]3C2=O)cc1. The average molecular weight is 529 g/mol. The van der Waals surface area contributed by atoms with Gasteiger partial charge in [0, 0.05) is 9.65 Å². The number of halogens is 2. The number of hydrogen-bond donors (Lipinski definition) is 0. The number of anilines is 1. The molecule has 2 aliphatic rings. The first-order valence-corrected chi connectivity index (χ1v) is 12.2. The minimum Gasteiger partial charge on any atom is -0.462 e. The highest BCUT2D eigenvalue weighted by Gasteiger charge is 2.52. The highest BCUT2D eigenvalue weighted by Crippen LogP contribution is 2.44. The molecule has 0 spiro atoms. The van der Waals surface area contributed by atoms with Crippen LogP contribution in [0.15, 0.2) is 24.3 Å². The summed E-state index contributed by atoms with van der Waals surface area (Å²) in [5, 5.41) is 0. The summed E-state index contributed by atoms with van der Waals surface area (Å²) in [4.78, 5) is 39.5. The van der Waals surface area contributed by atoms with Crippen LogP contribution in [0.3, 0.4) is 0 Å². The van der Waals surface area contributed by atoms with Crippen LogP contribution in [0.2, 0.25) is 0 Å². The third kappa shape index (κ3) is 5.10. The number of ether oxygens (including phenoxy) is 1. The molecule has 0 aromatic heterocycles. The van der Waals surface area contributed by atoms with Crippen LogP contribution >= 0.6 is 31.9 Å². The second kappa shape index (κ2) is 10.2. The molecule has 5 nitrogen and oxygen atoms in total. The van der Waals surface area contributed by atoms with Crippen molar-refractivity contribution in [1.82, 2.24) is 0 Å². The van der Waals surface area contributed by atoms with Crippen molar-refractivity contribution in [2.45, 2.75) is 61.5 Å². The fraction of sp³-hybridized carbons (Fsp3) is 0.591. The van der Waals surface area contributed by atoms with Gasteiger partial charge in [0.15, 0.2) is 0 Å². The number of carbonyl (C=O) groups excluding carboxylic acids is 3. The number of nitrogens with zero attached hydrogens (tertiary/aromatic N) is 1. The lowest BCUT2D eigenvalue weighted by Crippen LogP contribution is -2.34. The molecule has 1 saturated heterocycles. The Kier molecular flexibility index (Phi) is 7.91. The normalized spacial score (nSPS) is 26.5. The number of carbonyl (C=O) groups is 3. The van der Waals surface area contributed by atoms with Crippen molar-refractivity contribution in [2.75, 3.05) is 11.5 Å². The molecular weight excluding hydrogens is 502 g/mol. The number of alkyl halides is 2. The quantitative estimate of drug-likeness (QED) is 0.200. The van der Waals surface area contributed by atoms with Crippen LogP contribution in [0.5, 0.6) is 0 Å². The summed E-state index contributed by atoms with van der Waals surface area (Å²) in [6, 6.07) is 6.56. The van der Waals surface area contributed by atoms with Crippen LogP contribution in [-0.4, -0.2) is 34.0 Å². The van der Waals surface area contributed by atoms with Gasteiger partial charge in [-0.15, -0.1) is 0 Å². The molecule has 1 aliphatic carbocycles. The van der Waals surface area contributed by atoms with Crippen LogP contribution in [0.4, 0.5) is 5.69 Å². The monoisotopic (exact) mass is 527 g/mol. The summed E-state index contributed by atoms with van der Waals surface area (Å²) in [6.07, 6.45) is 6.77. The van der Waals surface area contributed by atoms with E-state index in [-0.39, 0.29) is 39.3 Å². The first-order valence-electron chi connectivity index (χ1n) is 10.4. The van der Waals surface area contributed by atoms with E-state index in [4.69, 9.17) is 4.74 Å². The van der Waals surface area contributed by atoms with E-state index in [0.717, 1.165) is 19.3 Å². The van der Waals surface area contributed by atoms with Crippen molar-refractivity contribution in [3.63, 3.8) is 0 Å². The summed E-state index contributed by atoms with van der Waals surface area (Å²) >= 11 is 7.19. The largest absolute Gasteiger partial charge is 0.462 e. The molecule has 2 amide bonds. The van der Waals surface area contributed by atoms with E-state index in [2.05, 4.69) is 38.8 Å². The fourth-order valence-electron chi connectivity index (χ4n) is 4.05. The molecule has 0 N–H and O–H groups in total. The Morgan fingerprint density at radius 2 is 1.52 bits per heavy atom. The third-order valence-corrected chi connectivity index (χ3v) is 8.49. The Morgan fingerprint density at radius 3 is 2.07 bits per heavy atom. The first kappa shape index (κ1) is 22.5. The molecule has 1 heterocycles. The second-order valence-electron chi connectivity index (χ2n) is 7.83. The summed E-state index contributed by atoms with van der Waals surface area (Å²) in [5.74, 6) is -1.22. The zero-order chi connectivity index (χ0) is 21.0. The maximum Gasteiger partial charge on any atom is 0.338 e. The van der Waals surface area contributed by atoms with Crippen molar-refractivity contribution in [3.8, 4) is 0 Å². The van der Waals surface area contributed by atoms with Crippen molar-refractivity contribution < 1.29 is 19.1 Å². The Labute approximate surface area is 188 Å². The van der Waals surface area contributed by atoms with Crippen molar-refractivity contribution >= 4 is 55.3 Å². The van der Waals surface area contributed by atoms with E-state index < -0.39 is 0 Å². The van der Waals surface area contributed by atoms with Gasteiger partial charge in [0.2, 0.25) is 11.8 Å². The molecule has 1 aliphatic heterocycles. The van der Waals surface area contributed by atoms with Crippen LogP contribution in [0.25, 0.3) is 0 Å². The molecule has 2 fully saturated rings. The molecule has 1 aromatic carbocycles. The van der Waals surface area contributed by atoms with E-state index in [0.29, 0.717) is 30.7 Å². The van der Waals surface area contributed by atoms with Crippen LogP contribution < -0.4 is 4.90 Å². The molecular formula is C22H27Br2NO4. The van der Waals surface area contributed by atoms with Crippen LogP contribution in [-0.2, 0) is 14.3 Å². The molecule has 158 valence electrons. The lowest BCUT2D eigenvalue weighted by molar-refractivity contribution is -0.122. The average Bonchev–Trinajstić information content (AvgIpc) is 2.95. The Balaban J connectivity index is 1.59. The first-order chi connectivity index (χ1) is 13.9. The van der Waals surface area contributed by atoms with Gasteiger partial charge in [0.25, 0.3) is 0 Å². The highest BCUT2D eigenvalue weighted by molar-refractivity contribution is 9.12. The number of rotatable bonds is 8. The molecule has 0 bridgehead atoms. The molecule has 7 heteroatoms. The summed E-state index contributed by atoms with van der Waals surface area (Å²) in [7, 11) is 0. The van der Waals surface area contributed by atoms with Crippen LogP contribution in [0, 0.1) is 11.8 Å². The fourth-order valence-corrected chi connectivity index (χ4v) is 5.29. The lowest BCUT2D eigenvalue weighted by atomic mass is 9.81. The number of amides is 2. The van der Waals surface area contributed by atoms with Gasteiger partial charge in [-0.2, -0.15) is 0 Å². The minimum absolute atomic E-state index is 0.147. The van der Waals surface area contributed by atoms with E-state index in [1.807, 2.05) is 0 Å². The van der Waals surface area contributed by atoms with Gasteiger partial charge in [-0.1, -0.05) is 64.5 Å². The molecule has 1 aromatic rings. The van der Waals surface area contributed by atoms with Gasteiger partial charge in [0.05, 0.1) is 29.7 Å². The summed E-state index contributed by atoms with van der Waals surface area (Å²) in [6.45, 7) is 2.58. The molecule has 3 rings (SSSR count). The third-order valence-electron chi connectivity index (χ3n) is 5.75. The van der Waals surface area contributed by atoms with E-state index in [9.17, 15) is 14.4 Å². The number of hydrogen-bond acceptors (Lipinski definition) is 4. The topological polar surface area (TPSA) is 63.7 Å². The predicted octanol–water partition coefficient (Wildman–Crippen LogP) is 5.24. The molecule has 0 radical (unpaired) electrons. The second-order valence-corrected chi connectivity index (χ2v) is 10.2. The van der Waals surface area contributed by atoms with Gasteiger partial charge in [0.1, 0.15) is 0 Å². The van der Waals surface area contributed by atoms with Gasteiger partial charge in [-0.3, -0.25) is 14.5 Å². The van der Waals surface area contributed by atoms with E-state index in [1.165, 1.54) is 17.7 Å². The van der Waals surface area contributed by atoms with E-state index >= 15 is 0 Å². The zero-order valence-electron chi connectivity index (χ0n) is 16.6. The summed E-state index contributed by atoms with van der Waals surface area (Å²) < 4.78 is 5.32. The standard InChI is InChI=1S/C22H27Br2NO4/c1-2-3-4-5-6-11-29-22(28)14-7-9-15(10-8-14)25-20(26)16-12-18(23)19(24)13-17(16)21(25)27/h7-10,16-19H,2-6,11-13H2,1H3/t16-,17-,18-,19+/m0/s1. The Morgan fingerprint density at radius 1 is 0.966 bits per heavy atom. The van der Waals surface area contributed by atoms with Crippen molar-refractivity contribution in [2.24, 2.45) is 11.8 Å².